The highest BCUT2D eigenvalue weighted by atomic mass is 79.9. The van der Waals surface area contributed by atoms with E-state index in [-0.39, 0.29) is 11.9 Å². The van der Waals surface area contributed by atoms with Crippen LogP contribution in [-0.4, -0.2) is 9.55 Å². The quantitative estimate of drug-likeness (QED) is 0.915. The molecule has 1 unspecified atom stereocenters. The Balaban J connectivity index is 2.15. The summed E-state index contributed by atoms with van der Waals surface area (Å²) in [6.45, 7) is 3.04. The second kappa shape index (κ2) is 6.30. The van der Waals surface area contributed by atoms with Gasteiger partial charge in [0, 0.05) is 35.9 Å². The second-order valence-electron chi connectivity index (χ2n) is 4.55. The molecule has 0 aliphatic rings. The molecule has 2 N–H and O–H groups in total. The molecule has 0 fully saturated rings. The van der Waals surface area contributed by atoms with E-state index in [9.17, 15) is 4.39 Å². The fourth-order valence-corrected chi connectivity index (χ4v) is 2.56. The number of imidazole rings is 1. The van der Waals surface area contributed by atoms with Crippen LogP contribution in [0.4, 0.5) is 4.39 Å². The highest BCUT2D eigenvalue weighted by Crippen LogP contribution is 2.21. The van der Waals surface area contributed by atoms with E-state index in [2.05, 4.69) is 32.4 Å². The van der Waals surface area contributed by atoms with Crippen molar-refractivity contribution in [3.63, 3.8) is 0 Å². The summed E-state index contributed by atoms with van der Waals surface area (Å²) in [4.78, 5) is 4.32. The van der Waals surface area contributed by atoms with Crippen molar-refractivity contribution in [3.8, 4) is 0 Å². The highest BCUT2D eigenvalue weighted by molar-refractivity contribution is 9.10. The summed E-state index contributed by atoms with van der Waals surface area (Å²) in [7, 11) is 0. The lowest BCUT2D eigenvalue weighted by Crippen LogP contribution is -2.16. The van der Waals surface area contributed by atoms with E-state index in [0.717, 1.165) is 24.4 Å². The second-order valence-corrected chi connectivity index (χ2v) is 5.47. The lowest BCUT2D eigenvalue weighted by molar-refractivity contribution is 0.590. The Bertz CT molecular complexity index is 533. The van der Waals surface area contributed by atoms with Crippen LogP contribution in [0.15, 0.2) is 35.1 Å². The lowest BCUT2D eigenvalue weighted by Gasteiger charge is -2.14. The summed E-state index contributed by atoms with van der Waals surface area (Å²) in [5, 5.41) is 0. The Morgan fingerprint density at radius 1 is 1.42 bits per heavy atom. The first-order valence-corrected chi connectivity index (χ1v) is 7.11. The number of hydrogen-bond acceptors (Lipinski definition) is 2. The van der Waals surface area contributed by atoms with E-state index in [1.165, 1.54) is 12.1 Å². The molecule has 1 heterocycles. The van der Waals surface area contributed by atoms with Gasteiger partial charge in [-0.1, -0.05) is 22.9 Å². The van der Waals surface area contributed by atoms with E-state index < -0.39 is 0 Å². The number of nitrogens with zero attached hydrogens (tertiary/aromatic N) is 2. The van der Waals surface area contributed by atoms with E-state index in [0.29, 0.717) is 10.9 Å². The molecule has 0 saturated carbocycles. The molecular weight excluding hydrogens is 309 g/mol. The van der Waals surface area contributed by atoms with Crippen molar-refractivity contribution in [1.82, 2.24) is 9.55 Å². The van der Waals surface area contributed by atoms with E-state index in [4.69, 9.17) is 5.73 Å². The van der Waals surface area contributed by atoms with Crippen LogP contribution < -0.4 is 5.73 Å². The molecule has 3 nitrogen and oxygen atoms in total. The fourth-order valence-electron chi connectivity index (χ4n) is 2.08. The molecule has 1 aromatic carbocycles. The van der Waals surface area contributed by atoms with Gasteiger partial charge in [-0.2, -0.15) is 0 Å². The Kier molecular flexibility index (Phi) is 4.71. The van der Waals surface area contributed by atoms with Gasteiger partial charge in [-0.25, -0.2) is 9.37 Å². The van der Waals surface area contributed by atoms with Gasteiger partial charge in [0.15, 0.2) is 0 Å². The Morgan fingerprint density at radius 2 is 2.21 bits per heavy atom. The van der Waals surface area contributed by atoms with Crippen molar-refractivity contribution in [2.75, 3.05) is 0 Å². The maximum Gasteiger partial charge on any atom is 0.124 e. The van der Waals surface area contributed by atoms with Gasteiger partial charge in [-0.15, -0.1) is 0 Å². The van der Waals surface area contributed by atoms with E-state index in [1.807, 2.05) is 12.3 Å². The molecule has 0 aliphatic carbocycles. The van der Waals surface area contributed by atoms with Gasteiger partial charge in [0.2, 0.25) is 0 Å². The van der Waals surface area contributed by atoms with Crippen LogP contribution in [0.25, 0.3) is 0 Å². The van der Waals surface area contributed by atoms with Gasteiger partial charge in [0.05, 0.1) is 0 Å². The number of aryl methyl sites for hydroxylation is 1. The summed E-state index contributed by atoms with van der Waals surface area (Å²) >= 11 is 3.28. The molecule has 1 aromatic heterocycles. The molecule has 0 spiro atoms. The Hall–Kier alpha value is -1.20. The van der Waals surface area contributed by atoms with Crippen molar-refractivity contribution >= 4 is 15.9 Å². The third-order valence-corrected chi connectivity index (χ3v) is 3.44. The molecule has 19 heavy (non-hydrogen) atoms. The average molecular weight is 326 g/mol. The predicted molar refractivity (Wildman–Crippen MR) is 77.3 cm³/mol. The topological polar surface area (TPSA) is 43.8 Å². The molecule has 0 bridgehead atoms. The minimum Gasteiger partial charge on any atom is -0.335 e. The number of rotatable bonds is 5. The largest absolute Gasteiger partial charge is 0.335 e. The predicted octanol–water partition coefficient (Wildman–Crippen LogP) is 3.44. The van der Waals surface area contributed by atoms with Gasteiger partial charge in [0.1, 0.15) is 11.6 Å². The molecule has 0 aliphatic heterocycles. The first kappa shape index (κ1) is 14.2. The number of aromatic nitrogens is 2. The minimum atomic E-state index is -0.281. The van der Waals surface area contributed by atoms with Gasteiger partial charge in [-0.3, -0.25) is 0 Å². The van der Waals surface area contributed by atoms with E-state index >= 15 is 0 Å². The molecule has 5 heteroatoms. The Morgan fingerprint density at radius 3 is 2.89 bits per heavy atom. The molecule has 0 saturated heterocycles. The van der Waals surface area contributed by atoms with Crippen molar-refractivity contribution in [2.45, 2.75) is 32.4 Å². The number of halogens is 2. The van der Waals surface area contributed by atoms with Gasteiger partial charge < -0.3 is 10.3 Å². The van der Waals surface area contributed by atoms with Crippen LogP contribution in [0.5, 0.6) is 0 Å². The minimum absolute atomic E-state index is 0.259. The van der Waals surface area contributed by atoms with Crippen LogP contribution >= 0.6 is 15.9 Å². The third kappa shape index (κ3) is 3.64. The highest BCUT2D eigenvalue weighted by Gasteiger charge is 2.12. The monoisotopic (exact) mass is 325 g/mol. The van der Waals surface area contributed by atoms with Crippen LogP contribution in [0.3, 0.4) is 0 Å². The Labute approximate surface area is 120 Å². The zero-order valence-corrected chi connectivity index (χ0v) is 12.4. The maximum absolute atomic E-state index is 13.4. The maximum atomic E-state index is 13.4. The van der Waals surface area contributed by atoms with Gasteiger partial charge in [0.25, 0.3) is 0 Å². The summed E-state index contributed by atoms with van der Waals surface area (Å²) in [6, 6.07) is 4.49. The van der Waals surface area contributed by atoms with E-state index in [1.54, 1.807) is 6.20 Å². The van der Waals surface area contributed by atoms with Crippen molar-refractivity contribution in [1.29, 1.82) is 0 Å². The smallest absolute Gasteiger partial charge is 0.124 e. The van der Waals surface area contributed by atoms with Gasteiger partial charge in [-0.05, 0) is 30.2 Å². The van der Waals surface area contributed by atoms with Crippen molar-refractivity contribution in [3.05, 3.63) is 52.3 Å². The molecule has 2 rings (SSSR count). The van der Waals surface area contributed by atoms with Crippen LogP contribution in [0.1, 0.15) is 30.8 Å². The molecule has 1 atom stereocenters. The van der Waals surface area contributed by atoms with Crippen LogP contribution in [0, 0.1) is 5.82 Å². The van der Waals surface area contributed by atoms with Gasteiger partial charge >= 0.3 is 0 Å². The average Bonchev–Trinajstić information content (AvgIpc) is 2.76. The molecule has 0 amide bonds. The first-order chi connectivity index (χ1) is 9.10. The normalized spacial score (nSPS) is 12.6. The summed E-state index contributed by atoms with van der Waals surface area (Å²) < 4.78 is 16.2. The van der Waals surface area contributed by atoms with Crippen molar-refractivity contribution < 1.29 is 4.39 Å². The van der Waals surface area contributed by atoms with Crippen LogP contribution in [-0.2, 0) is 13.0 Å². The lowest BCUT2D eigenvalue weighted by atomic mass is 10.0. The molecule has 2 aromatic rings. The third-order valence-electron chi connectivity index (χ3n) is 2.98. The summed E-state index contributed by atoms with van der Waals surface area (Å²) in [5.41, 5.74) is 6.92. The zero-order chi connectivity index (χ0) is 13.8. The number of hydrogen-bond donors (Lipinski definition) is 1. The SMILES string of the molecule is CCCn1ccnc1CC(N)c1cc(F)cc(Br)c1. The molecular formula is C14H17BrFN3. The number of benzene rings is 1. The van der Waals surface area contributed by atoms with Crippen molar-refractivity contribution in [2.24, 2.45) is 5.73 Å². The molecule has 102 valence electrons. The zero-order valence-electron chi connectivity index (χ0n) is 10.8. The first-order valence-electron chi connectivity index (χ1n) is 6.31. The van der Waals surface area contributed by atoms with Crippen LogP contribution in [0.2, 0.25) is 0 Å². The summed E-state index contributed by atoms with van der Waals surface area (Å²) in [5.74, 6) is 0.659. The standard InChI is InChI=1S/C14H17BrFN3/c1-2-4-19-5-3-18-14(19)9-13(17)10-6-11(15)8-12(16)7-10/h3,5-8,13H,2,4,9,17H2,1H3. The molecule has 0 radical (unpaired) electrons. The fraction of sp³-hybridized carbons (Fsp3) is 0.357. The number of nitrogens with two attached hydrogens (primary N) is 1. The summed E-state index contributed by atoms with van der Waals surface area (Å²) in [6.07, 6.45) is 5.37.